The largest absolute Gasteiger partial charge is 1.00 e. The minimum atomic E-state index is 0. The van der Waals surface area contributed by atoms with Crippen molar-refractivity contribution in [2.75, 3.05) is 11.9 Å². The predicted octanol–water partition coefficient (Wildman–Crippen LogP) is -0.252. The number of aryl methyl sites for hydroxylation is 4. The third kappa shape index (κ3) is 5.69. The van der Waals surface area contributed by atoms with Gasteiger partial charge in [-0.3, -0.25) is 0 Å². The van der Waals surface area contributed by atoms with Gasteiger partial charge in [0.05, 0.1) is 11.4 Å². The van der Waals surface area contributed by atoms with E-state index in [1.165, 1.54) is 43.4 Å². The zero-order valence-corrected chi connectivity index (χ0v) is 25.0. The van der Waals surface area contributed by atoms with Crippen LogP contribution in [-0.2, 0) is 25.9 Å². The molecule has 0 atom stereocenters. The van der Waals surface area contributed by atoms with Crippen LogP contribution in [0.25, 0.3) is 11.1 Å². The van der Waals surface area contributed by atoms with E-state index in [-0.39, 0.29) is 48.0 Å². The van der Waals surface area contributed by atoms with Crippen LogP contribution in [0.3, 0.4) is 0 Å². The Bertz CT molecular complexity index is 1310. The van der Waals surface area contributed by atoms with Crippen molar-refractivity contribution in [1.29, 1.82) is 0 Å². The maximum atomic E-state index is 2.40. The van der Waals surface area contributed by atoms with Crippen molar-refractivity contribution in [3.8, 4) is 11.1 Å². The van der Waals surface area contributed by atoms with Gasteiger partial charge in [0.25, 0.3) is 0 Å². The Kier molecular flexibility index (Phi) is 8.76. The smallest absolute Gasteiger partial charge is 0.169 e. The molecule has 0 spiro atoms. The summed E-state index contributed by atoms with van der Waals surface area (Å²) in [6.45, 7) is 2.06. The average Bonchev–Trinajstić information content (AvgIpc) is 2.85. The van der Waals surface area contributed by atoms with Gasteiger partial charge in [0.1, 0.15) is 13.1 Å². The summed E-state index contributed by atoms with van der Waals surface area (Å²) in [6, 6.07) is 23.0. The Morgan fingerprint density at radius 2 is 1.17 bits per heavy atom. The van der Waals surface area contributed by atoms with E-state index in [0.29, 0.717) is 0 Å². The lowest BCUT2D eigenvalue weighted by molar-refractivity contribution is -0.697. The predicted molar refractivity (Wildman–Crippen MR) is 134 cm³/mol. The first-order chi connectivity index (χ1) is 16.2. The first kappa shape index (κ1) is 26.4. The molecule has 0 aliphatic carbocycles. The van der Waals surface area contributed by atoms with Crippen LogP contribution in [0.15, 0.2) is 95.2 Å². The number of anilines is 2. The number of hydrogen-bond acceptors (Lipinski definition) is 2. The van der Waals surface area contributed by atoms with Gasteiger partial charge < -0.3 is 52.9 Å². The minimum Gasteiger partial charge on any atom is -1.00 e. The van der Waals surface area contributed by atoms with Gasteiger partial charge in [0, 0.05) is 53.9 Å². The van der Waals surface area contributed by atoms with E-state index < -0.39 is 0 Å². The van der Waals surface area contributed by atoms with E-state index in [2.05, 4.69) is 107 Å². The second-order valence-corrected chi connectivity index (χ2v) is 10.2. The first-order valence-corrected chi connectivity index (χ1v) is 12.7. The molecule has 4 aromatic rings. The molecule has 11 heterocycles. The highest BCUT2D eigenvalue weighted by molar-refractivity contribution is 7.99. The number of nitrogens with zero attached hydrogens (tertiary/aromatic N) is 3. The second kappa shape index (κ2) is 11.6. The van der Waals surface area contributed by atoms with Crippen molar-refractivity contribution in [3.63, 3.8) is 0 Å². The van der Waals surface area contributed by atoms with Gasteiger partial charge in [-0.1, -0.05) is 23.9 Å². The van der Waals surface area contributed by atoms with Gasteiger partial charge in [-0.2, -0.15) is 0 Å². The van der Waals surface area contributed by atoms with Crippen LogP contribution < -0.4 is 62.0 Å². The van der Waals surface area contributed by atoms with Crippen LogP contribution in [0, 0.1) is 0 Å². The Labute approximate surface area is 246 Å². The molecule has 6 heteroatoms. The number of hydrogen-bond donors (Lipinski definition) is 0. The molecule has 0 radical (unpaired) electrons. The second-order valence-electron chi connectivity index (χ2n) is 9.12. The summed E-state index contributed by atoms with van der Waals surface area (Å²) in [4.78, 5) is 5.09. The average molecular weight is 705 g/mol. The maximum Gasteiger partial charge on any atom is 0.169 e. The molecule has 180 valence electrons. The van der Waals surface area contributed by atoms with Crippen LogP contribution in [0.2, 0.25) is 0 Å². The molecular weight excluding hydrogens is 676 g/mol. The molecule has 3 nitrogen and oxygen atoms in total. The summed E-state index contributed by atoms with van der Waals surface area (Å²) >= 11 is 1.91. The number of halogens is 2. The molecule has 0 unspecified atom stereocenters. The summed E-state index contributed by atoms with van der Waals surface area (Å²) in [5.41, 5.74) is 8.03. The highest BCUT2D eigenvalue weighted by atomic mass is 127. The molecule has 0 saturated heterocycles. The Balaban J connectivity index is 0.00000144. The molecule has 0 N–H and O–H groups in total. The molecule has 13 rings (SSSR count). The summed E-state index contributed by atoms with van der Waals surface area (Å²) in [6.07, 6.45) is 13.3. The third-order valence-electron chi connectivity index (χ3n) is 6.87. The van der Waals surface area contributed by atoms with Crippen molar-refractivity contribution >= 4 is 23.1 Å². The third-order valence-corrected chi connectivity index (χ3v) is 7.98. The summed E-state index contributed by atoms with van der Waals surface area (Å²) in [7, 11) is 2.21. The Morgan fingerprint density at radius 3 is 1.77 bits per heavy atom. The summed E-state index contributed by atoms with van der Waals surface area (Å²) in [5.74, 6) is 0. The molecule has 2 aromatic heterocycles. The normalized spacial score (nSPS) is 14.3. The molecule has 10 bridgehead atoms. The molecule has 2 aromatic carbocycles. The van der Waals surface area contributed by atoms with Crippen molar-refractivity contribution in [1.82, 2.24) is 0 Å². The van der Waals surface area contributed by atoms with Crippen LogP contribution >= 0.6 is 11.8 Å². The minimum absolute atomic E-state index is 0. The number of rotatable bonds is 0. The van der Waals surface area contributed by atoms with Gasteiger partial charge in [0.2, 0.25) is 0 Å². The van der Waals surface area contributed by atoms with E-state index in [1.807, 2.05) is 11.8 Å². The van der Waals surface area contributed by atoms with Crippen molar-refractivity contribution < 1.29 is 57.1 Å². The lowest BCUT2D eigenvalue weighted by atomic mass is 10.1. The highest BCUT2D eigenvalue weighted by Gasteiger charge is 2.21. The van der Waals surface area contributed by atoms with Crippen LogP contribution in [0.5, 0.6) is 0 Å². The number of pyridine rings is 2. The van der Waals surface area contributed by atoms with Gasteiger partial charge in [-0.05, 0) is 59.4 Å². The molecule has 0 saturated carbocycles. The van der Waals surface area contributed by atoms with E-state index in [1.54, 1.807) is 0 Å². The van der Waals surface area contributed by atoms with Crippen LogP contribution in [-0.4, -0.2) is 7.05 Å². The number of benzene rings is 2. The zero-order valence-electron chi connectivity index (χ0n) is 19.8. The Hall–Kier alpha value is -1.65. The molecule has 35 heavy (non-hydrogen) atoms. The van der Waals surface area contributed by atoms with Gasteiger partial charge in [0.15, 0.2) is 24.8 Å². The molecular formula is C29H29I2N3S. The van der Waals surface area contributed by atoms with E-state index >= 15 is 0 Å². The molecule has 0 amide bonds. The highest BCUT2D eigenvalue weighted by Crippen LogP contribution is 2.48. The van der Waals surface area contributed by atoms with E-state index in [4.69, 9.17) is 0 Å². The topological polar surface area (TPSA) is 11.0 Å². The first-order valence-electron chi connectivity index (χ1n) is 11.9. The summed E-state index contributed by atoms with van der Waals surface area (Å²) in [5, 5.41) is 0. The van der Waals surface area contributed by atoms with Gasteiger partial charge >= 0.3 is 0 Å². The van der Waals surface area contributed by atoms with Crippen molar-refractivity contribution in [2.45, 2.75) is 48.6 Å². The maximum absolute atomic E-state index is 2.40. The standard InChI is InChI=1S/C29H29N3S.2HI/c1-30-26-8-6-23-5-3-15-32-18-12-25(13-19-32)24-10-16-31(17-11-24)14-2-4-22-7-9-28(27(30)20-22)33-29(26)21-23;;/h6-13,16-21H,2-5,14-15H2,1H3;2*1H/q+2;;/p-2. The zero-order chi connectivity index (χ0) is 22.2. The van der Waals surface area contributed by atoms with E-state index in [9.17, 15) is 0 Å². The van der Waals surface area contributed by atoms with Crippen LogP contribution in [0.4, 0.5) is 11.4 Å². The van der Waals surface area contributed by atoms with Crippen molar-refractivity contribution in [2.24, 2.45) is 0 Å². The lowest BCUT2D eigenvalue weighted by Gasteiger charge is -2.30. The quantitative estimate of drug-likeness (QED) is 0.185. The molecule has 9 aliphatic rings. The van der Waals surface area contributed by atoms with Gasteiger partial charge in [-0.25, -0.2) is 9.13 Å². The monoisotopic (exact) mass is 705 g/mol. The fourth-order valence-electron chi connectivity index (χ4n) is 4.92. The molecule has 9 aliphatic heterocycles. The Morgan fingerprint density at radius 1 is 0.629 bits per heavy atom. The van der Waals surface area contributed by atoms with Crippen LogP contribution in [0.1, 0.15) is 24.0 Å². The summed E-state index contributed by atoms with van der Waals surface area (Å²) < 4.78 is 4.60. The van der Waals surface area contributed by atoms with Crippen molar-refractivity contribution in [3.05, 3.63) is 96.6 Å². The number of aromatic nitrogens is 2. The molecule has 0 fully saturated rings. The fourth-order valence-corrected chi connectivity index (χ4v) is 6.11. The van der Waals surface area contributed by atoms with Gasteiger partial charge in [-0.15, -0.1) is 0 Å². The fraction of sp³-hybridized carbons (Fsp3) is 0.241. The van der Waals surface area contributed by atoms with E-state index in [0.717, 1.165) is 38.8 Å². The lowest BCUT2D eigenvalue weighted by Crippen LogP contribution is -3.00. The SMILES string of the molecule is CN1c2ccc3cc2Sc2ccc(cc21)CCC[n+]1ccc(cc1)-c1cc[n+](cc1)CCC3.[I-].[I-].